The van der Waals surface area contributed by atoms with Gasteiger partial charge in [-0.25, -0.2) is 0 Å². The molecular weight excluding hydrogens is 244 g/mol. The minimum absolute atomic E-state index is 0.381. The zero-order valence-corrected chi connectivity index (χ0v) is 13.0. The molecule has 1 aliphatic carbocycles. The molecule has 1 saturated heterocycles. The third-order valence-corrected chi connectivity index (χ3v) is 5.27. The van der Waals surface area contributed by atoms with Crippen LogP contribution in [0.25, 0.3) is 0 Å². The first-order valence-electron chi connectivity index (χ1n) is 8.34. The molecule has 0 radical (unpaired) electrons. The predicted octanol–water partition coefficient (Wildman–Crippen LogP) is 3.75. The van der Waals surface area contributed by atoms with Gasteiger partial charge in [0.15, 0.2) is 0 Å². The second-order valence-electron chi connectivity index (χ2n) is 6.68. The molecule has 1 spiro atoms. The van der Waals surface area contributed by atoms with E-state index in [-0.39, 0.29) is 0 Å². The first kappa shape index (κ1) is 13.9. The fourth-order valence-corrected chi connectivity index (χ4v) is 3.99. The number of anilines is 1. The van der Waals surface area contributed by atoms with E-state index < -0.39 is 0 Å². The molecule has 1 saturated carbocycles. The Kier molecular flexibility index (Phi) is 4.02. The molecule has 1 aromatic carbocycles. The quantitative estimate of drug-likeness (QED) is 0.882. The Morgan fingerprint density at radius 1 is 1.20 bits per heavy atom. The summed E-state index contributed by atoms with van der Waals surface area (Å²) in [6.45, 7) is 6.93. The van der Waals surface area contributed by atoms with Crippen molar-refractivity contribution in [2.45, 2.75) is 64.0 Å². The fraction of sp³-hybridized carbons (Fsp3) is 0.667. The molecule has 1 atom stereocenters. The van der Waals surface area contributed by atoms with Crippen LogP contribution < -0.4 is 10.2 Å². The number of para-hydroxylation sites is 1. The molecule has 2 fully saturated rings. The van der Waals surface area contributed by atoms with E-state index in [1.807, 2.05) is 0 Å². The molecule has 2 nitrogen and oxygen atoms in total. The van der Waals surface area contributed by atoms with Crippen molar-refractivity contribution in [3.63, 3.8) is 0 Å². The number of hydrogen-bond donors (Lipinski definition) is 1. The van der Waals surface area contributed by atoms with Crippen LogP contribution in [0.4, 0.5) is 5.69 Å². The Morgan fingerprint density at radius 2 is 1.95 bits per heavy atom. The van der Waals surface area contributed by atoms with Gasteiger partial charge >= 0.3 is 0 Å². The third-order valence-electron chi connectivity index (χ3n) is 5.27. The number of rotatable bonds is 2. The monoisotopic (exact) mass is 272 g/mol. The summed E-state index contributed by atoms with van der Waals surface area (Å²) < 4.78 is 0. The third kappa shape index (κ3) is 2.58. The maximum Gasteiger partial charge on any atom is 0.0402 e. The van der Waals surface area contributed by atoms with Crippen LogP contribution in [0.1, 0.15) is 51.5 Å². The number of piperazine rings is 1. The average Bonchev–Trinajstić information content (AvgIpc) is 2.51. The van der Waals surface area contributed by atoms with Gasteiger partial charge in [0.25, 0.3) is 0 Å². The van der Waals surface area contributed by atoms with Crippen LogP contribution >= 0.6 is 0 Å². The number of benzene rings is 1. The fourth-order valence-electron chi connectivity index (χ4n) is 3.99. The Balaban J connectivity index is 1.86. The van der Waals surface area contributed by atoms with Gasteiger partial charge in [-0.05, 0) is 37.8 Å². The largest absolute Gasteiger partial charge is 0.365 e. The highest BCUT2D eigenvalue weighted by molar-refractivity contribution is 5.55. The van der Waals surface area contributed by atoms with Crippen molar-refractivity contribution in [1.29, 1.82) is 0 Å². The zero-order valence-electron chi connectivity index (χ0n) is 13.0. The van der Waals surface area contributed by atoms with Crippen LogP contribution in [0.3, 0.4) is 0 Å². The minimum atomic E-state index is 0.381. The summed E-state index contributed by atoms with van der Waals surface area (Å²) in [6, 6.07) is 9.56. The van der Waals surface area contributed by atoms with Crippen LogP contribution in [-0.4, -0.2) is 24.7 Å². The standard InChI is InChI=1S/C18H28N2/c1-3-16-9-5-6-10-17(16)20-14-18(19-13-15(20)2)11-7-4-8-12-18/h5-6,9-10,15,19H,3-4,7-8,11-14H2,1-2H3. The van der Waals surface area contributed by atoms with Gasteiger partial charge in [-0.15, -0.1) is 0 Å². The van der Waals surface area contributed by atoms with Gasteiger partial charge in [-0.2, -0.15) is 0 Å². The molecule has 2 aliphatic rings. The summed E-state index contributed by atoms with van der Waals surface area (Å²) in [5.41, 5.74) is 3.34. The van der Waals surface area contributed by atoms with Crippen LogP contribution in [0.15, 0.2) is 24.3 Å². The Bertz CT molecular complexity index is 448. The molecule has 1 aromatic rings. The second-order valence-corrected chi connectivity index (χ2v) is 6.68. The molecule has 1 heterocycles. The van der Waals surface area contributed by atoms with Gasteiger partial charge in [0.05, 0.1) is 0 Å². The Labute approximate surface area is 123 Å². The Hall–Kier alpha value is -1.02. The molecule has 20 heavy (non-hydrogen) atoms. The smallest absolute Gasteiger partial charge is 0.0402 e. The highest BCUT2D eigenvalue weighted by atomic mass is 15.3. The lowest BCUT2D eigenvalue weighted by molar-refractivity contribution is 0.200. The molecule has 1 unspecified atom stereocenters. The molecule has 2 heteroatoms. The van der Waals surface area contributed by atoms with E-state index in [9.17, 15) is 0 Å². The van der Waals surface area contributed by atoms with Crippen molar-refractivity contribution in [3.05, 3.63) is 29.8 Å². The topological polar surface area (TPSA) is 15.3 Å². The van der Waals surface area contributed by atoms with Crippen molar-refractivity contribution in [2.24, 2.45) is 0 Å². The normalized spacial score (nSPS) is 25.9. The van der Waals surface area contributed by atoms with E-state index in [4.69, 9.17) is 0 Å². The van der Waals surface area contributed by atoms with E-state index in [0.717, 1.165) is 13.0 Å². The lowest BCUT2D eigenvalue weighted by Crippen LogP contribution is -2.64. The lowest BCUT2D eigenvalue weighted by Gasteiger charge is -2.50. The lowest BCUT2D eigenvalue weighted by atomic mass is 9.79. The van der Waals surface area contributed by atoms with Gasteiger partial charge in [0, 0.05) is 30.4 Å². The maximum atomic E-state index is 3.88. The zero-order chi connectivity index (χ0) is 14.0. The molecule has 3 rings (SSSR count). The van der Waals surface area contributed by atoms with Crippen molar-refractivity contribution >= 4 is 5.69 Å². The summed E-state index contributed by atoms with van der Waals surface area (Å²) in [5.74, 6) is 0. The highest BCUT2D eigenvalue weighted by Gasteiger charge is 2.38. The van der Waals surface area contributed by atoms with Crippen LogP contribution in [0.2, 0.25) is 0 Å². The maximum absolute atomic E-state index is 3.88. The van der Waals surface area contributed by atoms with Gasteiger partial charge in [-0.1, -0.05) is 44.4 Å². The molecular formula is C18H28N2. The summed E-state index contributed by atoms with van der Waals surface area (Å²) in [6.07, 6.45) is 8.04. The van der Waals surface area contributed by atoms with E-state index in [1.165, 1.54) is 49.9 Å². The molecule has 0 amide bonds. The SMILES string of the molecule is CCc1ccccc1N1CC2(CCCCC2)NCC1C. The molecule has 1 N–H and O–H groups in total. The summed E-state index contributed by atoms with van der Waals surface area (Å²) >= 11 is 0. The summed E-state index contributed by atoms with van der Waals surface area (Å²) in [7, 11) is 0. The van der Waals surface area contributed by atoms with E-state index in [1.54, 1.807) is 0 Å². The number of hydrogen-bond acceptors (Lipinski definition) is 2. The molecule has 1 aliphatic heterocycles. The molecule has 0 bridgehead atoms. The van der Waals surface area contributed by atoms with Crippen molar-refractivity contribution in [1.82, 2.24) is 5.32 Å². The Morgan fingerprint density at radius 3 is 2.70 bits per heavy atom. The van der Waals surface area contributed by atoms with E-state index >= 15 is 0 Å². The van der Waals surface area contributed by atoms with Crippen LogP contribution in [-0.2, 0) is 6.42 Å². The van der Waals surface area contributed by atoms with Gasteiger partial charge in [0.2, 0.25) is 0 Å². The second kappa shape index (κ2) is 5.77. The van der Waals surface area contributed by atoms with Crippen molar-refractivity contribution in [3.8, 4) is 0 Å². The van der Waals surface area contributed by atoms with Gasteiger partial charge in [-0.3, -0.25) is 0 Å². The van der Waals surface area contributed by atoms with Crippen LogP contribution in [0, 0.1) is 0 Å². The summed E-state index contributed by atoms with van der Waals surface area (Å²) in [5, 5.41) is 3.88. The van der Waals surface area contributed by atoms with Crippen LogP contribution in [0.5, 0.6) is 0 Å². The van der Waals surface area contributed by atoms with Gasteiger partial charge < -0.3 is 10.2 Å². The number of nitrogens with zero attached hydrogens (tertiary/aromatic N) is 1. The van der Waals surface area contributed by atoms with E-state index in [0.29, 0.717) is 11.6 Å². The molecule has 110 valence electrons. The van der Waals surface area contributed by atoms with E-state index in [2.05, 4.69) is 48.3 Å². The summed E-state index contributed by atoms with van der Waals surface area (Å²) in [4.78, 5) is 2.67. The first-order valence-corrected chi connectivity index (χ1v) is 8.34. The number of aryl methyl sites for hydroxylation is 1. The van der Waals surface area contributed by atoms with Crippen molar-refractivity contribution in [2.75, 3.05) is 18.0 Å². The highest BCUT2D eigenvalue weighted by Crippen LogP contribution is 2.34. The van der Waals surface area contributed by atoms with Gasteiger partial charge in [0.1, 0.15) is 0 Å². The number of nitrogens with one attached hydrogen (secondary N) is 1. The van der Waals surface area contributed by atoms with Crippen molar-refractivity contribution < 1.29 is 0 Å². The predicted molar refractivity (Wildman–Crippen MR) is 86.4 cm³/mol. The average molecular weight is 272 g/mol. The first-order chi connectivity index (χ1) is 9.74. The molecule has 0 aromatic heterocycles. The minimum Gasteiger partial charge on any atom is -0.365 e.